The molecule has 0 bridgehead atoms. The molecule has 1 aliphatic heterocycles. The van der Waals surface area contributed by atoms with Crippen molar-refractivity contribution in [3.8, 4) is 0 Å². The Labute approximate surface area is 125 Å². The van der Waals surface area contributed by atoms with Crippen molar-refractivity contribution in [2.45, 2.75) is 13.3 Å². The highest BCUT2D eigenvalue weighted by Gasteiger charge is 2.18. The van der Waals surface area contributed by atoms with Gasteiger partial charge in [0, 0.05) is 58.2 Å². The fourth-order valence-electron chi connectivity index (χ4n) is 2.25. The molecule has 1 N–H and O–H groups in total. The molecule has 1 aliphatic rings. The van der Waals surface area contributed by atoms with Gasteiger partial charge in [0.25, 0.3) is 0 Å². The molecule has 0 saturated carbocycles. The number of carbonyl (C=O) groups excluding carboxylic acids is 1. The molecule has 2 rings (SSSR count). The molecule has 0 spiro atoms. The van der Waals surface area contributed by atoms with Crippen LogP contribution in [0.4, 0.5) is 11.8 Å². The minimum atomic E-state index is 0.720. The summed E-state index contributed by atoms with van der Waals surface area (Å²) in [5.41, 5.74) is 0.937. The first-order chi connectivity index (χ1) is 10.2. The topological polar surface area (TPSA) is 70.6 Å². The van der Waals surface area contributed by atoms with Crippen molar-refractivity contribution in [3.63, 3.8) is 0 Å². The van der Waals surface area contributed by atoms with E-state index >= 15 is 0 Å². The molecular formula is C14H23N5O2. The minimum Gasteiger partial charge on any atom is -0.385 e. The Hall–Kier alpha value is -1.89. The number of nitrogens with zero attached hydrogens (tertiary/aromatic N) is 4. The number of hydrogen-bond acceptors (Lipinski definition) is 6. The quantitative estimate of drug-likeness (QED) is 0.583. The maximum Gasteiger partial charge on any atom is 0.227 e. The first-order valence-electron chi connectivity index (χ1n) is 7.25. The number of amides is 1. The molecule has 1 fully saturated rings. The summed E-state index contributed by atoms with van der Waals surface area (Å²) < 4.78 is 5.03. The van der Waals surface area contributed by atoms with Crippen LogP contribution in [-0.2, 0) is 9.53 Å². The van der Waals surface area contributed by atoms with Crippen LogP contribution in [0.3, 0.4) is 0 Å². The van der Waals surface area contributed by atoms with Gasteiger partial charge in [0.05, 0.1) is 0 Å². The third-order valence-corrected chi connectivity index (χ3v) is 3.42. The largest absolute Gasteiger partial charge is 0.385 e. The lowest BCUT2D eigenvalue weighted by Gasteiger charge is -2.32. The van der Waals surface area contributed by atoms with Crippen LogP contribution >= 0.6 is 0 Å². The minimum absolute atomic E-state index is 0.720. The molecule has 0 unspecified atom stereocenters. The van der Waals surface area contributed by atoms with Crippen LogP contribution in [0.5, 0.6) is 0 Å². The molecule has 7 heteroatoms. The van der Waals surface area contributed by atoms with E-state index in [0.29, 0.717) is 0 Å². The smallest absolute Gasteiger partial charge is 0.227 e. The average Bonchev–Trinajstić information content (AvgIpc) is 2.51. The monoisotopic (exact) mass is 293 g/mol. The molecule has 1 amide bonds. The van der Waals surface area contributed by atoms with E-state index in [0.717, 1.165) is 69.6 Å². The van der Waals surface area contributed by atoms with Gasteiger partial charge in [-0.1, -0.05) is 0 Å². The molecule has 1 aromatic rings. The zero-order valence-electron chi connectivity index (χ0n) is 12.7. The highest BCUT2D eigenvalue weighted by atomic mass is 16.5. The van der Waals surface area contributed by atoms with Gasteiger partial charge in [-0.15, -0.1) is 0 Å². The maximum absolute atomic E-state index is 10.7. The van der Waals surface area contributed by atoms with Crippen LogP contribution in [-0.4, -0.2) is 67.7 Å². The molecule has 0 atom stereocenters. The summed E-state index contributed by atoms with van der Waals surface area (Å²) in [5, 5.41) is 3.30. The van der Waals surface area contributed by atoms with Crippen LogP contribution in [0.1, 0.15) is 12.1 Å². The van der Waals surface area contributed by atoms with Crippen molar-refractivity contribution in [2.24, 2.45) is 0 Å². The second-order valence-corrected chi connectivity index (χ2v) is 5.10. The Kier molecular flexibility index (Phi) is 5.74. The van der Waals surface area contributed by atoms with Crippen molar-refractivity contribution in [2.75, 3.05) is 56.7 Å². The van der Waals surface area contributed by atoms with Gasteiger partial charge in [0.15, 0.2) is 0 Å². The molecule has 0 aromatic carbocycles. The summed E-state index contributed by atoms with van der Waals surface area (Å²) in [6.07, 6.45) is 1.84. The van der Waals surface area contributed by atoms with Crippen LogP contribution in [0.25, 0.3) is 0 Å². The molecule has 0 radical (unpaired) electrons. The van der Waals surface area contributed by atoms with Crippen LogP contribution < -0.4 is 10.2 Å². The second kappa shape index (κ2) is 7.78. The number of aromatic nitrogens is 2. The summed E-state index contributed by atoms with van der Waals surface area (Å²) in [6.45, 7) is 6.50. The predicted molar refractivity (Wildman–Crippen MR) is 81.6 cm³/mol. The lowest BCUT2D eigenvalue weighted by atomic mass is 10.3. The van der Waals surface area contributed by atoms with Gasteiger partial charge in [-0.3, -0.25) is 4.79 Å². The number of aryl methyl sites for hydroxylation is 1. The lowest BCUT2D eigenvalue weighted by molar-refractivity contribution is -0.118. The van der Waals surface area contributed by atoms with Crippen molar-refractivity contribution in [3.05, 3.63) is 11.8 Å². The van der Waals surface area contributed by atoms with E-state index in [9.17, 15) is 4.79 Å². The summed E-state index contributed by atoms with van der Waals surface area (Å²) in [6, 6.07) is 1.94. The maximum atomic E-state index is 10.7. The molecule has 7 nitrogen and oxygen atoms in total. The Morgan fingerprint density at radius 3 is 2.76 bits per heavy atom. The third kappa shape index (κ3) is 4.56. The van der Waals surface area contributed by atoms with Gasteiger partial charge in [-0.2, -0.15) is 4.98 Å². The molecular weight excluding hydrogens is 270 g/mol. The first-order valence-corrected chi connectivity index (χ1v) is 7.25. The van der Waals surface area contributed by atoms with Crippen LogP contribution in [0.2, 0.25) is 0 Å². The van der Waals surface area contributed by atoms with Crippen molar-refractivity contribution in [1.82, 2.24) is 14.9 Å². The normalized spacial score (nSPS) is 15.1. The fraction of sp³-hybridized carbons (Fsp3) is 0.643. The summed E-state index contributed by atoms with van der Waals surface area (Å²) in [7, 11) is 1.70. The summed E-state index contributed by atoms with van der Waals surface area (Å²) in [5.74, 6) is 1.57. The van der Waals surface area contributed by atoms with Gasteiger partial charge < -0.3 is 19.9 Å². The Balaban J connectivity index is 1.96. The van der Waals surface area contributed by atoms with Crippen molar-refractivity contribution in [1.29, 1.82) is 0 Å². The molecule has 21 heavy (non-hydrogen) atoms. The van der Waals surface area contributed by atoms with E-state index < -0.39 is 0 Å². The van der Waals surface area contributed by atoms with Gasteiger partial charge in [-0.05, 0) is 13.3 Å². The zero-order valence-corrected chi connectivity index (χ0v) is 12.7. The second-order valence-electron chi connectivity index (χ2n) is 5.10. The van der Waals surface area contributed by atoms with E-state index in [1.165, 1.54) is 0 Å². The highest BCUT2D eigenvalue weighted by Crippen LogP contribution is 2.15. The molecule has 1 aromatic heterocycles. The third-order valence-electron chi connectivity index (χ3n) is 3.42. The average molecular weight is 293 g/mol. The van der Waals surface area contributed by atoms with E-state index in [-0.39, 0.29) is 0 Å². The first kappa shape index (κ1) is 15.5. The summed E-state index contributed by atoms with van der Waals surface area (Å²) in [4.78, 5) is 23.7. The number of anilines is 2. The number of carbonyl (C=O) groups is 1. The Morgan fingerprint density at radius 2 is 2.10 bits per heavy atom. The number of hydrogen-bond donors (Lipinski definition) is 1. The van der Waals surface area contributed by atoms with E-state index in [1.807, 2.05) is 13.0 Å². The SMILES string of the molecule is COCCCNc1cc(C)nc(N2CCN(C=O)CC2)n1. The Morgan fingerprint density at radius 1 is 1.33 bits per heavy atom. The van der Waals surface area contributed by atoms with E-state index in [1.54, 1.807) is 12.0 Å². The molecule has 1 saturated heterocycles. The molecule has 0 aliphatic carbocycles. The number of nitrogens with one attached hydrogen (secondary N) is 1. The summed E-state index contributed by atoms with van der Waals surface area (Å²) >= 11 is 0. The standard InChI is InChI=1S/C14H23N5O2/c1-12-10-13(15-4-3-9-21-2)17-14(16-12)19-7-5-18(11-20)6-8-19/h10-11H,3-9H2,1-2H3,(H,15,16,17). The number of rotatable bonds is 7. The number of ether oxygens (including phenoxy) is 1. The van der Waals surface area contributed by atoms with Crippen molar-refractivity contribution < 1.29 is 9.53 Å². The highest BCUT2D eigenvalue weighted by molar-refractivity contribution is 5.49. The van der Waals surface area contributed by atoms with Gasteiger partial charge in [0.2, 0.25) is 12.4 Å². The number of piperazine rings is 1. The van der Waals surface area contributed by atoms with E-state index in [4.69, 9.17) is 4.74 Å². The fourth-order valence-corrected chi connectivity index (χ4v) is 2.25. The Bertz CT molecular complexity index is 461. The van der Waals surface area contributed by atoms with Gasteiger partial charge in [-0.25, -0.2) is 4.98 Å². The van der Waals surface area contributed by atoms with E-state index in [2.05, 4.69) is 20.2 Å². The molecule has 116 valence electrons. The number of methoxy groups -OCH3 is 1. The lowest BCUT2D eigenvalue weighted by Crippen LogP contribution is -2.46. The zero-order chi connectivity index (χ0) is 15.1. The van der Waals surface area contributed by atoms with Crippen LogP contribution in [0, 0.1) is 6.92 Å². The predicted octanol–water partition coefficient (Wildman–Crippen LogP) is 0.512. The van der Waals surface area contributed by atoms with Gasteiger partial charge >= 0.3 is 0 Å². The van der Waals surface area contributed by atoms with Crippen molar-refractivity contribution >= 4 is 18.2 Å². The van der Waals surface area contributed by atoms with Gasteiger partial charge in [0.1, 0.15) is 5.82 Å². The van der Waals surface area contributed by atoms with Crippen LogP contribution in [0.15, 0.2) is 6.07 Å². The molecule has 2 heterocycles.